The summed E-state index contributed by atoms with van der Waals surface area (Å²) in [6.45, 7) is 11.0. The van der Waals surface area contributed by atoms with Gasteiger partial charge in [0.25, 0.3) is 0 Å². The number of hydrogen-bond donors (Lipinski definition) is 1. The summed E-state index contributed by atoms with van der Waals surface area (Å²) in [7, 11) is 0. The molecule has 17 heavy (non-hydrogen) atoms. The van der Waals surface area contributed by atoms with Crippen LogP contribution >= 0.6 is 0 Å². The summed E-state index contributed by atoms with van der Waals surface area (Å²) in [6.07, 6.45) is 0.382. The lowest BCUT2D eigenvalue weighted by Gasteiger charge is -2.28. The Kier molecular flexibility index (Phi) is 5.93. The molecule has 4 nitrogen and oxygen atoms in total. The van der Waals surface area contributed by atoms with Crippen LogP contribution in [0.4, 0.5) is 0 Å². The Hall–Kier alpha value is -1.32. The summed E-state index contributed by atoms with van der Waals surface area (Å²) in [5, 5.41) is 9.38. The zero-order chi connectivity index (χ0) is 13.6. The largest absolute Gasteiger partial charge is 0.480 e. The van der Waals surface area contributed by atoms with Gasteiger partial charge in [0.2, 0.25) is 0 Å². The van der Waals surface area contributed by atoms with E-state index in [1.54, 1.807) is 13.8 Å². The van der Waals surface area contributed by atoms with E-state index >= 15 is 0 Å². The summed E-state index contributed by atoms with van der Waals surface area (Å²) >= 11 is 0. The summed E-state index contributed by atoms with van der Waals surface area (Å²) < 4.78 is 4.91. The lowest BCUT2D eigenvalue weighted by atomic mass is 9.75. The lowest BCUT2D eigenvalue weighted by molar-refractivity contribution is -0.170. The third-order valence-electron chi connectivity index (χ3n) is 2.44. The molecule has 4 heteroatoms. The van der Waals surface area contributed by atoms with E-state index in [1.165, 1.54) is 0 Å². The van der Waals surface area contributed by atoms with Gasteiger partial charge in [-0.15, -0.1) is 6.58 Å². The van der Waals surface area contributed by atoms with Crippen molar-refractivity contribution in [1.82, 2.24) is 0 Å². The van der Waals surface area contributed by atoms with E-state index in [-0.39, 0.29) is 25.4 Å². The number of hydrogen-bond acceptors (Lipinski definition) is 3. The second-order valence-corrected chi connectivity index (χ2v) is 4.84. The number of carbonyl (C=O) groups excluding carboxylic acids is 1. The van der Waals surface area contributed by atoms with Crippen molar-refractivity contribution in [2.24, 2.45) is 11.3 Å². The molecule has 0 fully saturated rings. The van der Waals surface area contributed by atoms with Gasteiger partial charge >= 0.3 is 11.9 Å². The van der Waals surface area contributed by atoms with Crippen LogP contribution in [0.1, 0.15) is 40.5 Å². The number of carboxylic acid groups (broad SMARTS) is 1. The van der Waals surface area contributed by atoms with Gasteiger partial charge in [-0.1, -0.05) is 19.4 Å². The highest BCUT2D eigenvalue weighted by atomic mass is 16.5. The zero-order valence-corrected chi connectivity index (χ0v) is 11.1. The number of allylic oxidation sites excluding steroid dienone is 1. The molecule has 0 radical (unpaired) electrons. The molecule has 1 unspecified atom stereocenters. The van der Waals surface area contributed by atoms with Crippen LogP contribution in [0, 0.1) is 11.3 Å². The maximum Gasteiger partial charge on any atom is 0.323 e. The highest BCUT2D eigenvalue weighted by Crippen LogP contribution is 2.35. The number of ether oxygens (including phenoxy) is 1. The summed E-state index contributed by atoms with van der Waals surface area (Å²) in [4.78, 5) is 23.4. The fourth-order valence-electron chi connectivity index (χ4n) is 1.96. The van der Waals surface area contributed by atoms with E-state index in [2.05, 4.69) is 6.58 Å². The van der Waals surface area contributed by atoms with Crippen LogP contribution in [0.3, 0.4) is 0 Å². The van der Waals surface area contributed by atoms with Crippen molar-refractivity contribution in [3.8, 4) is 0 Å². The number of aliphatic carboxylic acids is 1. The van der Waals surface area contributed by atoms with Gasteiger partial charge in [0, 0.05) is 0 Å². The molecular weight excluding hydrogens is 220 g/mol. The molecule has 0 rings (SSSR count). The van der Waals surface area contributed by atoms with Gasteiger partial charge in [-0.05, 0) is 32.6 Å². The normalized spacial score (nSPS) is 14.2. The zero-order valence-electron chi connectivity index (χ0n) is 11.1. The molecule has 0 amide bonds. The van der Waals surface area contributed by atoms with Crippen LogP contribution in [0.25, 0.3) is 0 Å². The van der Waals surface area contributed by atoms with Crippen molar-refractivity contribution in [1.29, 1.82) is 0 Å². The Bertz CT molecular complexity index is 307. The van der Waals surface area contributed by atoms with Crippen molar-refractivity contribution in [3.63, 3.8) is 0 Å². The van der Waals surface area contributed by atoms with Gasteiger partial charge in [0.1, 0.15) is 0 Å². The molecule has 1 atom stereocenters. The molecular formula is C13H22O4. The summed E-state index contributed by atoms with van der Waals surface area (Å²) in [6, 6.07) is 0. The molecule has 0 spiro atoms. The number of carboxylic acids is 1. The Morgan fingerprint density at radius 2 is 1.94 bits per heavy atom. The van der Waals surface area contributed by atoms with Crippen molar-refractivity contribution < 1.29 is 19.4 Å². The van der Waals surface area contributed by atoms with E-state index in [9.17, 15) is 14.7 Å². The van der Waals surface area contributed by atoms with Gasteiger partial charge in [-0.3, -0.25) is 9.59 Å². The molecule has 98 valence electrons. The minimum atomic E-state index is -1.49. The van der Waals surface area contributed by atoms with Gasteiger partial charge in [0.05, 0.1) is 6.61 Å². The third-order valence-corrected chi connectivity index (χ3v) is 2.44. The smallest absolute Gasteiger partial charge is 0.323 e. The molecule has 0 saturated heterocycles. The molecule has 0 aromatic heterocycles. The van der Waals surface area contributed by atoms with Crippen LogP contribution in [0.2, 0.25) is 0 Å². The first kappa shape index (κ1) is 15.7. The number of rotatable bonds is 7. The van der Waals surface area contributed by atoms with E-state index in [4.69, 9.17) is 4.74 Å². The lowest BCUT2D eigenvalue weighted by Crippen LogP contribution is -2.42. The second kappa shape index (κ2) is 6.42. The van der Waals surface area contributed by atoms with Crippen molar-refractivity contribution in [3.05, 3.63) is 12.2 Å². The third kappa shape index (κ3) is 4.21. The molecule has 0 heterocycles. The average Bonchev–Trinajstić information content (AvgIpc) is 2.14. The van der Waals surface area contributed by atoms with E-state index in [0.717, 1.165) is 0 Å². The Balaban J connectivity index is 5.30. The predicted molar refractivity (Wildman–Crippen MR) is 65.6 cm³/mol. The van der Waals surface area contributed by atoms with Crippen molar-refractivity contribution in [2.45, 2.75) is 40.5 Å². The van der Waals surface area contributed by atoms with Crippen LogP contribution in [0.5, 0.6) is 0 Å². The fourth-order valence-corrected chi connectivity index (χ4v) is 1.96. The molecule has 0 bridgehead atoms. The number of esters is 1. The van der Waals surface area contributed by atoms with Gasteiger partial charge < -0.3 is 9.84 Å². The van der Waals surface area contributed by atoms with Gasteiger partial charge in [-0.25, -0.2) is 0 Å². The fraction of sp³-hybridized carbons (Fsp3) is 0.692. The highest BCUT2D eigenvalue weighted by Gasteiger charge is 2.47. The average molecular weight is 242 g/mol. The monoisotopic (exact) mass is 242 g/mol. The first-order chi connectivity index (χ1) is 7.76. The van der Waals surface area contributed by atoms with Crippen LogP contribution in [-0.4, -0.2) is 23.7 Å². The maximum atomic E-state index is 11.9. The SMILES string of the molecule is C=C(C)CC(CC(C)C)(C(=O)O)C(=O)OCC. The Labute approximate surface area is 103 Å². The Morgan fingerprint density at radius 3 is 2.24 bits per heavy atom. The van der Waals surface area contributed by atoms with Crippen molar-refractivity contribution >= 4 is 11.9 Å². The standard InChI is InChI=1S/C13H22O4/c1-6-17-12(16)13(11(14)15,7-9(2)3)8-10(4)5/h10H,2,6-8H2,1,3-5H3,(H,14,15). The number of carbonyl (C=O) groups is 2. The first-order valence-corrected chi connectivity index (χ1v) is 5.81. The molecule has 0 aromatic carbocycles. The predicted octanol–water partition coefficient (Wildman–Crippen LogP) is 2.63. The van der Waals surface area contributed by atoms with Crippen LogP contribution < -0.4 is 0 Å². The van der Waals surface area contributed by atoms with Gasteiger partial charge in [-0.2, -0.15) is 0 Å². The summed E-state index contributed by atoms with van der Waals surface area (Å²) in [5.74, 6) is -1.70. The maximum absolute atomic E-state index is 11.9. The first-order valence-electron chi connectivity index (χ1n) is 5.81. The van der Waals surface area contributed by atoms with E-state index in [1.807, 2.05) is 13.8 Å². The molecule has 0 saturated carbocycles. The van der Waals surface area contributed by atoms with Gasteiger partial charge in [0.15, 0.2) is 5.41 Å². The molecule has 0 aliphatic carbocycles. The molecule has 0 aliphatic rings. The summed E-state index contributed by atoms with van der Waals surface area (Å²) in [5.41, 5.74) is -0.822. The quantitative estimate of drug-likeness (QED) is 0.423. The second-order valence-electron chi connectivity index (χ2n) is 4.84. The Morgan fingerprint density at radius 1 is 1.41 bits per heavy atom. The van der Waals surface area contributed by atoms with Crippen LogP contribution in [-0.2, 0) is 14.3 Å². The molecule has 0 aromatic rings. The topological polar surface area (TPSA) is 63.6 Å². The minimum Gasteiger partial charge on any atom is -0.480 e. The van der Waals surface area contributed by atoms with E-state index in [0.29, 0.717) is 5.57 Å². The molecule has 1 N–H and O–H groups in total. The van der Waals surface area contributed by atoms with Crippen molar-refractivity contribution in [2.75, 3.05) is 6.61 Å². The van der Waals surface area contributed by atoms with Crippen LogP contribution in [0.15, 0.2) is 12.2 Å². The van der Waals surface area contributed by atoms with E-state index < -0.39 is 17.4 Å². The molecule has 0 aliphatic heterocycles. The minimum absolute atomic E-state index is 0.0925. The highest BCUT2D eigenvalue weighted by molar-refractivity contribution is 5.99.